The van der Waals surface area contributed by atoms with Crippen molar-refractivity contribution in [2.75, 3.05) is 39.3 Å². The summed E-state index contributed by atoms with van der Waals surface area (Å²) in [6.07, 6.45) is 5.63. The number of allylic oxidation sites excluding steroid dienone is 1. The molecule has 0 bridgehead atoms. The number of halogens is 3. The second kappa shape index (κ2) is 13.7. The molecule has 1 saturated heterocycles. The molecular formula is C31H32Cl2FN5O3. The van der Waals surface area contributed by atoms with Crippen LogP contribution in [0.3, 0.4) is 0 Å². The monoisotopic (exact) mass is 611 g/mol. The smallest absolute Gasteiger partial charge is 0.320 e. The molecule has 2 aliphatic rings. The van der Waals surface area contributed by atoms with Crippen LogP contribution in [0.2, 0.25) is 10.0 Å². The summed E-state index contributed by atoms with van der Waals surface area (Å²) in [5.41, 5.74) is 4.25. The molecule has 0 saturated carbocycles. The standard InChI is InChI=1S/C31H32Cl2FN5O3/c1-3-41-30(40)19-39-10-8-38(9-11-39)18-23-6-4-22(15-36-23)28(34)13-29-25-12-24(7-5-21(25)14-37-29)42-20(2)31-26(32)16-35-17-27(31)33/h4-7,12-13,15-17,20H,3,8-11,14,18-19H2,1-2H3/b28-13-/t20-/m1/s1. The van der Waals surface area contributed by atoms with Gasteiger partial charge in [-0.05, 0) is 43.7 Å². The van der Waals surface area contributed by atoms with E-state index in [4.69, 9.17) is 32.7 Å². The molecule has 1 atom stereocenters. The third-order valence-electron chi connectivity index (χ3n) is 7.26. The quantitative estimate of drug-likeness (QED) is 0.263. The average molecular weight is 613 g/mol. The zero-order chi connectivity index (χ0) is 29.6. The lowest BCUT2D eigenvalue weighted by Gasteiger charge is -2.33. The number of carbonyl (C=O) groups excluding carboxylic acids is 1. The highest BCUT2D eigenvalue weighted by Gasteiger charge is 2.21. The van der Waals surface area contributed by atoms with Crippen molar-refractivity contribution in [3.63, 3.8) is 0 Å². The van der Waals surface area contributed by atoms with E-state index in [-0.39, 0.29) is 5.97 Å². The summed E-state index contributed by atoms with van der Waals surface area (Å²) in [6.45, 7) is 8.73. The minimum Gasteiger partial charge on any atom is -0.486 e. The largest absolute Gasteiger partial charge is 0.486 e. The number of hydrogen-bond acceptors (Lipinski definition) is 8. The van der Waals surface area contributed by atoms with Gasteiger partial charge in [0.15, 0.2) is 0 Å². The van der Waals surface area contributed by atoms with E-state index in [0.29, 0.717) is 58.9 Å². The van der Waals surface area contributed by atoms with Gasteiger partial charge in [0, 0.05) is 74.1 Å². The molecule has 0 aliphatic carbocycles. The number of aliphatic imine (C=N–C) groups is 1. The van der Waals surface area contributed by atoms with Crippen molar-refractivity contribution >= 4 is 40.7 Å². The fourth-order valence-electron chi connectivity index (χ4n) is 5.04. The maximum Gasteiger partial charge on any atom is 0.320 e. The first-order valence-electron chi connectivity index (χ1n) is 13.9. The molecule has 5 rings (SSSR count). The SMILES string of the molecule is CCOC(=O)CN1CCN(Cc2ccc(/C(F)=C/C3=NCc4ccc(O[C@H](C)c5c(Cl)cncc5Cl)cc43)cn2)CC1. The first kappa shape index (κ1) is 30.1. The molecule has 3 aromatic rings. The predicted molar refractivity (Wildman–Crippen MR) is 162 cm³/mol. The van der Waals surface area contributed by atoms with E-state index in [9.17, 15) is 4.79 Å². The Morgan fingerprint density at radius 1 is 1.07 bits per heavy atom. The summed E-state index contributed by atoms with van der Waals surface area (Å²) < 4.78 is 26.5. The van der Waals surface area contributed by atoms with Crippen LogP contribution in [0.15, 0.2) is 60.0 Å². The Labute approximate surface area is 254 Å². The number of esters is 1. The Morgan fingerprint density at radius 2 is 1.81 bits per heavy atom. The van der Waals surface area contributed by atoms with Crippen LogP contribution in [0.1, 0.15) is 47.9 Å². The lowest BCUT2D eigenvalue weighted by atomic mass is 10.0. The third-order valence-corrected chi connectivity index (χ3v) is 7.86. The average Bonchev–Trinajstić information content (AvgIpc) is 3.36. The molecule has 4 heterocycles. The second-order valence-corrected chi connectivity index (χ2v) is 11.0. The minimum absolute atomic E-state index is 0.189. The summed E-state index contributed by atoms with van der Waals surface area (Å²) in [4.78, 5) is 29.1. The topological polar surface area (TPSA) is 80.2 Å². The molecule has 0 unspecified atom stereocenters. The Balaban J connectivity index is 1.19. The fraction of sp³-hybridized carbons (Fsp3) is 0.355. The van der Waals surface area contributed by atoms with Crippen molar-refractivity contribution in [2.24, 2.45) is 4.99 Å². The number of ether oxygens (including phenoxy) is 2. The highest BCUT2D eigenvalue weighted by molar-refractivity contribution is 6.35. The van der Waals surface area contributed by atoms with Crippen molar-refractivity contribution < 1.29 is 18.7 Å². The van der Waals surface area contributed by atoms with Gasteiger partial charge in [-0.2, -0.15) is 0 Å². The summed E-state index contributed by atoms with van der Waals surface area (Å²) in [5, 5.41) is 0.855. The van der Waals surface area contributed by atoms with Gasteiger partial charge in [0.2, 0.25) is 0 Å². The van der Waals surface area contributed by atoms with Gasteiger partial charge in [0.25, 0.3) is 0 Å². The Morgan fingerprint density at radius 3 is 2.50 bits per heavy atom. The summed E-state index contributed by atoms with van der Waals surface area (Å²) in [7, 11) is 0. The van der Waals surface area contributed by atoms with E-state index in [0.717, 1.165) is 43.0 Å². The van der Waals surface area contributed by atoms with Crippen LogP contribution in [0.5, 0.6) is 5.75 Å². The van der Waals surface area contributed by atoms with Crippen LogP contribution in [-0.2, 0) is 22.6 Å². The molecule has 0 amide bonds. The molecule has 8 nitrogen and oxygen atoms in total. The van der Waals surface area contributed by atoms with Gasteiger partial charge in [0.05, 0.1) is 41.1 Å². The van der Waals surface area contributed by atoms with Crippen LogP contribution in [-0.4, -0.2) is 70.8 Å². The van der Waals surface area contributed by atoms with Crippen LogP contribution < -0.4 is 4.74 Å². The lowest BCUT2D eigenvalue weighted by Crippen LogP contribution is -2.47. The highest BCUT2D eigenvalue weighted by atomic mass is 35.5. The number of benzene rings is 1. The van der Waals surface area contributed by atoms with Gasteiger partial charge < -0.3 is 9.47 Å². The molecule has 0 N–H and O–H groups in total. The number of aromatic nitrogens is 2. The van der Waals surface area contributed by atoms with Gasteiger partial charge >= 0.3 is 5.97 Å². The van der Waals surface area contributed by atoms with Crippen LogP contribution >= 0.6 is 23.2 Å². The molecular weight excluding hydrogens is 580 g/mol. The Kier molecular flexibility index (Phi) is 9.84. The third kappa shape index (κ3) is 7.33. The number of nitrogens with zero attached hydrogens (tertiary/aromatic N) is 5. The van der Waals surface area contributed by atoms with Gasteiger partial charge in [-0.1, -0.05) is 29.3 Å². The van der Waals surface area contributed by atoms with Crippen LogP contribution in [0.4, 0.5) is 4.39 Å². The maximum absolute atomic E-state index is 15.3. The molecule has 0 spiro atoms. The zero-order valence-corrected chi connectivity index (χ0v) is 25.0. The van der Waals surface area contributed by atoms with Gasteiger partial charge in [-0.25, -0.2) is 4.39 Å². The second-order valence-electron chi connectivity index (χ2n) is 10.2. The first-order chi connectivity index (χ1) is 20.3. The molecule has 1 aromatic carbocycles. The molecule has 11 heteroatoms. The molecule has 1 fully saturated rings. The van der Waals surface area contributed by atoms with Crippen LogP contribution in [0, 0.1) is 0 Å². The van der Waals surface area contributed by atoms with Crippen molar-refractivity contribution in [1.82, 2.24) is 19.8 Å². The molecule has 220 valence electrons. The fourth-order valence-corrected chi connectivity index (χ4v) is 5.72. The summed E-state index contributed by atoms with van der Waals surface area (Å²) >= 11 is 12.6. The molecule has 0 radical (unpaired) electrons. The molecule has 42 heavy (non-hydrogen) atoms. The summed E-state index contributed by atoms with van der Waals surface area (Å²) in [6, 6.07) is 9.24. The van der Waals surface area contributed by atoms with Gasteiger partial charge in [-0.3, -0.25) is 29.6 Å². The highest BCUT2D eigenvalue weighted by Crippen LogP contribution is 2.34. The summed E-state index contributed by atoms with van der Waals surface area (Å²) in [5.74, 6) is -0.00456. The predicted octanol–water partition coefficient (Wildman–Crippen LogP) is 5.92. The lowest BCUT2D eigenvalue weighted by molar-refractivity contribution is -0.144. The number of piperazine rings is 1. The van der Waals surface area contributed by atoms with Gasteiger partial charge in [0.1, 0.15) is 17.7 Å². The Bertz CT molecular complexity index is 1470. The van der Waals surface area contributed by atoms with Crippen molar-refractivity contribution in [3.05, 3.63) is 93.0 Å². The minimum atomic E-state index is -0.418. The number of carbonyl (C=O) groups is 1. The van der Waals surface area contributed by atoms with Crippen molar-refractivity contribution in [1.29, 1.82) is 0 Å². The molecule has 2 aliphatic heterocycles. The van der Waals surface area contributed by atoms with Crippen molar-refractivity contribution in [2.45, 2.75) is 33.0 Å². The van der Waals surface area contributed by atoms with Crippen molar-refractivity contribution in [3.8, 4) is 5.75 Å². The van der Waals surface area contributed by atoms with E-state index in [1.54, 1.807) is 12.3 Å². The van der Waals surface area contributed by atoms with E-state index < -0.39 is 11.9 Å². The normalized spacial score (nSPS) is 16.6. The number of pyridine rings is 2. The van der Waals surface area contributed by atoms with E-state index in [1.165, 1.54) is 18.5 Å². The van der Waals surface area contributed by atoms with E-state index in [1.807, 2.05) is 38.1 Å². The van der Waals surface area contributed by atoms with E-state index in [2.05, 4.69) is 24.8 Å². The molecule has 2 aromatic heterocycles. The Hall–Kier alpha value is -3.37. The zero-order valence-electron chi connectivity index (χ0n) is 23.5. The van der Waals surface area contributed by atoms with Gasteiger partial charge in [-0.15, -0.1) is 0 Å². The maximum atomic E-state index is 15.3. The number of fused-ring (bicyclic) bond motifs is 1. The first-order valence-corrected chi connectivity index (χ1v) is 14.6. The number of hydrogen-bond donors (Lipinski definition) is 0. The number of rotatable bonds is 10. The van der Waals surface area contributed by atoms with E-state index >= 15 is 4.39 Å². The van der Waals surface area contributed by atoms with Crippen LogP contribution in [0.25, 0.3) is 5.83 Å².